The molecule has 0 aliphatic heterocycles. The highest BCUT2D eigenvalue weighted by Crippen LogP contribution is 2.26. The molecule has 2 aromatic carbocycles. The summed E-state index contributed by atoms with van der Waals surface area (Å²) in [5.74, 6) is 2.25. The summed E-state index contributed by atoms with van der Waals surface area (Å²) in [6.45, 7) is 9.13. The SMILES string of the molecule is CCOc1ccccc1NC(=O)CSc1nnc(C(C)Oc2ccc(C)cc2)n1CC. The van der Waals surface area contributed by atoms with Crippen LogP contribution in [0.25, 0.3) is 0 Å². The number of benzene rings is 2. The van der Waals surface area contributed by atoms with Crippen molar-refractivity contribution in [2.24, 2.45) is 0 Å². The number of thioether (sulfide) groups is 1. The van der Waals surface area contributed by atoms with E-state index < -0.39 is 0 Å². The minimum absolute atomic E-state index is 0.131. The van der Waals surface area contributed by atoms with Crippen LogP contribution in [0.3, 0.4) is 0 Å². The number of rotatable bonds is 10. The van der Waals surface area contributed by atoms with E-state index >= 15 is 0 Å². The minimum Gasteiger partial charge on any atom is -0.492 e. The van der Waals surface area contributed by atoms with Gasteiger partial charge in [0.05, 0.1) is 18.0 Å². The molecule has 0 aliphatic carbocycles. The topological polar surface area (TPSA) is 78.3 Å². The first-order valence-corrected chi connectivity index (χ1v) is 11.3. The molecule has 164 valence electrons. The first-order valence-electron chi connectivity index (χ1n) is 10.3. The Labute approximate surface area is 187 Å². The van der Waals surface area contributed by atoms with Gasteiger partial charge in [0.15, 0.2) is 17.1 Å². The van der Waals surface area contributed by atoms with E-state index in [-0.39, 0.29) is 17.8 Å². The standard InChI is InChI=1S/C23H28N4O3S/c1-5-27-22(17(4)30-18-13-11-16(3)12-14-18)25-26-23(27)31-15-21(28)24-19-9-7-8-10-20(19)29-6-2/h7-14,17H,5-6,15H2,1-4H3,(H,24,28). The number of aryl methyl sites for hydroxylation is 1. The molecule has 1 N–H and O–H groups in total. The lowest BCUT2D eigenvalue weighted by Crippen LogP contribution is -2.16. The first-order chi connectivity index (χ1) is 15.0. The number of carbonyl (C=O) groups is 1. The van der Waals surface area contributed by atoms with Crippen molar-refractivity contribution in [1.29, 1.82) is 0 Å². The van der Waals surface area contributed by atoms with Crippen LogP contribution in [0, 0.1) is 6.92 Å². The van der Waals surface area contributed by atoms with Crippen LogP contribution in [0.4, 0.5) is 5.69 Å². The van der Waals surface area contributed by atoms with Gasteiger partial charge in [0, 0.05) is 6.54 Å². The smallest absolute Gasteiger partial charge is 0.234 e. The molecule has 3 aromatic rings. The predicted octanol–water partition coefficient (Wildman–Crippen LogP) is 4.88. The van der Waals surface area contributed by atoms with Crippen LogP contribution in [0.15, 0.2) is 53.7 Å². The summed E-state index contributed by atoms with van der Waals surface area (Å²) in [7, 11) is 0. The molecule has 3 rings (SSSR count). The van der Waals surface area contributed by atoms with Crippen LogP contribution in [0.1, 0.15) is 38.3 Å². The highest BCUT2D eigenvalue weighted by atomic mass is 32.2. The second-order valence-electron chi connectivity index (χ2n) is 6.92. The number of hydrogen-bond donors (Lipinski definition) is 1. The van der Waals surface area contributed by atoms with Gasteiger partial charge in [0.1, 0.15) is 11.5 Å². The summed E-state index contributed by atoms with van der Waals surface area (Å²) in [6, 6.07) is 15.3. The third-order valence-corrected chi connectivity index (χ3v) is 5.52. The molecule has 31 heavy (non-hydrogen) atoms. The Morgan fingerprint density at radius 1 is 1.13 bits per heavy atom. The Morgan fingerprint density at radius 3 is 2.58 bits per heavy atom. The first kappa shape index (κ1) is 22.7. The lowest BCUT2D eigenvalue weighted by atomic mass is 10.2. The van der Waals surface area contributed by atoms with Crippen molar-refractivity contribution in [3.63, 3.8) is 0 Å². The molecule has 0 fully saturated rings. The number of nitrogens with zero attached hydrogens (tertiary/aromatic N) is 3. The van der Waals surface area contributed by atoms with Crippen LogP contribution in [0.2, 0.25) is 0 Å². The predicted molar refractivity (Wildman–Crippen MR) is 123 cm³/mol. The highest BCUT2D eigenvalue weighted by molar-refractivity contribution is 7.99. The average Bonchev–Trinajstić information content (AvgIpc) is 3.18. The molecule has 1 heterocycles. The van der Waals surface area contributed by atoms with Crippen LogP contribution in [-0.2, 0) is 11.3 Å². The van der Waals surface area contributed by atoms with Gasteiger partial charge in [-0.2, -0.15) is 0 Å². The van der Waals surface area contributed by atoms with Gasteiger partial charge in [-0.05, 0) is 52.0 Å². The van der Waals surface area contributed by atoms with Gasteiger partial charge in [0.25, 0.3) is 0 Å². The normalized spacial score (nSPS) is 11.7. The zero-order valence-electron chi connectivity index (χ0n) is 18.3. The van der Waals surface area contributed by atoms with Gasteiger partial charge in [-0.25, -0.2) is 0 Å². The summed E-state index contributed by atoms with van der Waals surface area (Å²) in [5.41, 5.74) is 1.84. The second kappa shape index (κ2) is 10.9. The summed E-state index contributed by atoms with van der Waals surface area (Å²) in [5, 5.41) is 12.2. The molecule has 1 aromatic heterocycles. The summed E-state index contributed by atoms with van der Waals surface area (Å²) >= 11 is 1.35. The van der Waals surface area contributed by atoms with Crippen LogP contribution in [-0.4, -0.2) is 33.0 Å². The van der Waals surface area contributed by atoms with Crippen molar-refractivity contribution in [2.75, 3.05) is 17.7 Å². The van der Waals surface area contributed by atoms with Crippen molar-refractivity contribution in [3.05, 3.63) is 59.9 Å². The zero-order valence-corrected chi connectivity index (χ0v) is 19.1. The lowest BCUT2D eigenvalue weighted by molar-refractivity contribution is -0.113. The van der Waals surface area contributed by atoms with Crippen molar-refractivity contribution in [2.45, 2.75) is 45.5 Å². The van der Waals surface area contributed by atoms with Gasteiger partial charge in [-0.1, -0.05) is 41.6 Å². The fourth-order valence-corrected chi connectivity index (χ4v) is 3.86. The molecule has 1 atom stereocenters. The van der Waals surface area contributed by atoms with E-state index in [4.69, 9.17) is 9.47 Å². The van der Waals surface area contributed by atoms with Crippen molar-refractivity contribution >= 4 is 23.4 Å². The van der Waals surface area contributed by atoms with E-state index in [1.807, 2.05) is 80.8 Å². The maximum atomic E-state index is 12.5. The number of ether oxygens (including phenoxy) is 2. The van der Waals surface area contributed by atoms with Crippen molar-refractivity contribution in [1.82, 2.24) is 14.8 Å². The molecule has 0 aliphatic rings. The summed E-state index contributed by atoms with van der Waals surface area (Å²) in [6.07, 6.45) is -0.267. The number of para-hydroxylation sites is 2. The van der Waals surface area contributed by atoms with Gasteiger partial charge >= 0.3 is 0 Å². The van der Waals surface area contributed by atoms with E-state index in [2.05, 4.69) is 15.5 Å². The Hall–Kier alpha value is -3.00. The minimum atomic E-state index is -0.267. The van der Waals surface area contributed by atoms with Crippen LogP contribution in [0.5, 0.6) is 11.5 Å². The maximum Gasteiger partial charge on any atom is 0.234 e. The van der Waals surface area contributed by atoms with Crippen molar-refractivity contribution in [3.8, 4) is 11.5 Å². The Bertz CT molecular complexity index is 1000. The number of carbonyl (C=O) groups excluding carboxylic acids is 1. The van der Waals surface area contributed by atoms with Gasteiger partial charge < -0.3 is 19.4 Å². The van der Waals surface area contributed by atoms with Crippen molar-refractivity contribution < 1.29 is 14.3 Å². The number of anilines is 1. The van der Waals surface area contributed by atoms with Gasteiger partial charge in [-0.15, -0.1) is 10.2 Å². The van der Waals surface area contributed by atoms with E-state index in [0.717, 1.165) is 11.6 Å². The highest BCUT2D eigenvalue weighted by Gasteiger charge is 2.19. The molecule has 0 radical (unpaired) electrons. The van der Waals surface area contributed by atoms with Crippen LogP contribution < -0.4 is 14.8 Å². The average molecular weight is 441 g/mol. The van der Waals surface area contributed by atoms with E-state index in [0.29, 0.717) is 29.7 Å². The van der Waals surface area contributed by atoms with Gasteiger partial charge in [-0.3, -0.25) is 4.79 Å². The van der Waals surface area contributed by atoms with E-state index in [1.165, 1.54) is 17.3 Å². The van der Waals surface area contributed by atoms with E-state index in [1.54, 1.807) is 0 Å². The third kappa shape index (κ3) is 6.01. The fourth-order valence-electron chi connectivity index (χ4n) is 3.05. The Balaban J connectivity index is 1.63. The third-order valence-electron chi connectivity index (χ3n) is 4.55. The fraction of sp³-hybridized carbons (Fsp3) is 0.348. The largest absolute Gasteiger partial charge is 0.492 e. The molecule has 7 nitrogen and oxygen atoms in total. The Kier molecular flexibility index (Phi) is 7.94. The molecule has 1 amide bonds. The molecule has 0 saturated carbocycles. The molecule has 1 unspecified atom stereocenters. The number of amides is 1. The summed E-state index contributed by atoms with van der Waals surface area (Å²) < 4.78 is 13.6. The molecule has 8 heteroatoms. The molecular formula is C23H28N4O3S. The molecule has 0 spiro atoms. The second-order valence-corrected chi connectivity index (χ2v) is 7.87. The summed E-state index contributed by atoms with van der Waals surface area (Å²) in [4.78, 5) is 12.5. The van der Waals surface area contributed by atoms with Gasteiger partial charge in [0.2, 0.25) is 5.91 Å². The number of hydrogen-bond acceptors (Lipinski definition) is 6. The lowest BCUT2D eigenvalue weighted by Gasteiger charge is -2.15. The quantitative estimate of drug-likeness (QED) is 0.453. The zero-order chi connectivity index (χ0) is 22.2. The number of aromatic nitrogens is 3. The molecule has 0 saturated heterocycles. The monoisotopic (exact) mass is 440 g/mol. The van der Waals surface area contributed by atoms with Crippen LogP contribution >= 0.6 is 11.8 Å². The molecule has 0 bridgehead atoms. The maximum absolute atomic E-state index is 12.5. The van der Waals surface area contributed by atoms with E-state index in [9.17, 15) is 4.79 Å². The Morgan fingerprint density at radius 2 is 1.87 bits per heavy atom. The molecular weight excluding hydrogens is 412 g/mol. The number of nitrogens with one attached hydrogen (secondary N) is 1.